The molecule has 52 heavy (non-hydrogen) atoms. The van der Waals surface area contributed by atoms with E-state index >= 15 is 0 Å². The number of rotatable bonds is 4. The molecule has 0 saturated carbocycles. The SMILES string of the molecule is c1ccc2cc(-c3nc(-c4cc(-n5c6ccccc6c6ccccc65)c5ccccc5c4)nc(-c4cccc5oc6ccccc6c45)n3)ccc2c1. The Labute approximate surface area is 298 Å². The summed E-state index contributed by atoms with van der Waals surface area (Å²) >= 11 is 0. The molecule has 8 aromatic carbocycles. The quantitative estimate of drug-likeness (QED) is 0.188. The lowest BCUT2D eigenvalue weighted by Gasteiger charge is -2.15. The van der Waals surface area contributed by atoms with Crippen molar-refractivity contribution in [2.24, 2.45) is 0 Å². The largest absolute Gasteiger partial charge is 0.456 e. The minimum Gasteiger partial charge on any atom is -0.456 e. The van der Waals surface area contributed by atoms with Crippen molar-refractivity contribution in [3.63, 3.8) is 0 Å². The summed E-state index contributed by atoms with van der Waals surface area (Å²) in [7, 11) is 0. The molecule has 5 nitrogen and oxygen atoms in total. The third-order valence-electron chi connectivity index (χ3n) is 10.2. The summed E-state index contributed by atoms with van der Waals surface area (Å²) in [6.07, 6.45) is 0. The molecule has 0 fully saturated rings. The van der Waals surface area contributed by atoms with Gasteiger partial charge in [0, 0.05) is 43.6 Å². The van der Waals surface area contributed by atoms with Gasteiger partial charge in [-0.25, -0.2) is 15.0 Å². The lowest BCUT2D eigenvalue weighted by molar-refractivity contribution is 0.669. The van der Waals surface area contributed by atoms with Gasteiger partial charge in [0.05, 0.1) is 16.7 Å². The van der Waals surface area contributed by atoms with Gasteiger partial charge in [-0.15, -0.1) is 0 Å². The summed E-state index contributed by atoms with van der Waals surface area (Å²) < 4.78 is 8.67. The minimum atomic E-state index is 0.594. The van der Waals surface area contributed by atoms with Crippen LogP contribution in [0.5, 0.6) is 0 Å². The van der Waals surface area contributed by atoms with Crippen LogP contribution in [-0.4, -0.2) is 19.5 Å². The van der Waals surface area contributed by atoms with Crippen LogP contribution in [0.25, 0.3) is 105 Å². The van der Waals surface area contributed by atoms with Gasteiger partial charge in [-0.05, 0) is 58.6 Å². The van der Waals surface area contributed by atoms with Crippen molar-refractivity contribution in [1.82, 2.24) is 19.5 Å². The van der Waals surface area contributed by atoms with E-state index in [1.54, 1.807) is 0 Å². The van der Waals surface area contributed by atoms with Crippen LogP contribution >= 0.6 is 0 Å². The highest BCUT2D eigenvalue weighted by Crippen LogP contribution is 2.39. The van der Waals surface area contributed by atoms with Crippen LogP contribution in [0.4, 0.5) is 0 Å². The van der Waals surface area contributed by atoms with E-state index in [2.05, 4.69) is 144 Å². The number of para-hydroxylation sites is 3. The van der Waals surface area contributed by atoms with Crippen LogP contribution < -0.4 is 0 Å². The van der Waals surface area contributed by atoms with Crippen molar-refractivity contribution in [3.05, 3.63) is 170 Å². The van der Waals surface area contributed by atoms with Crippen molar-refractivity contribution in [2.45, 2.75) is 0 Å². The first-order valence-corrected chi connectivity index (χ1v) is 17.4. The van der Waals surface area contributed by atoms with E-state index < -0.39 is 0 Å². The molecular weight excluding hydrogens is 637 g/mol. The van der Waals surface area contributed by atoms with Gasteiger partial charge in [-0.1, -0.05) is 127 Å². The molecule has 5 heteroatoms. The fourth-order valence-electron chi connectivity index (χ4n) is 7.83. The van der Waals surface area contributed by atoms with Gasteiger partial charge >= 0.3 is 0 Å². The lowest BCUT2D eigenvalue weighted by atomic mass is 10.0. The molecule has 0 bridgehead atoms. The highest BCUT2D eigenvalue weighted by atomic mass is 16.3. The first-order valence-electron chi connectivity index (χ1n) is 17.4. The van der Waals surface area contributed by atoms with Gasteiger partial charge in [0.1, 0.15) is 11.2 Å². The molecule has 0 N–H and O–H groups in total. The maximum absolute atomic E-state index is 6.29. The summed E-state index contributed by atoms with van der Waals surface area (Å²) in [4.78, 5) is 15.7. The van der Waals surface area contributed by atoms with Gasteiger partial charge in [-0.3, -0.25) is 0 Å². The van der Waals surface area contributed by atoms with Crippen LogP contribution in [0.15, 0.2) is 174 Å². The molecule has 3 heterocycles. The summed E-state index contributed by atoms with van der Waals surface area (Å²) in [6.45, 7) is 0. The van der Waals surface area contributed by atoms with E-state index in [4.69, 9.17) is 19.4 Å². The second kappa shape index (κ2) is 11.2. The molecule has 0 atom stereocenters. The number of hydrogen-bond donors (Lipinski definition) is 0. The number of aromatic nitrogens is 4. The molecule has 0 unspecified atom stereocenters. The molecule has 0 spiro atoms. The van der Waals surface area contributed by atoms with E-state index in [1.165, 1.54) is 16.2 Å². The Kier molecular flexibility index (Phi) is 6.18. The molecule has 242 valence electrons. The Morgan fingerprint density at radius 1 is 0.385 bits per heavy atom. The highest BCUT2D eigenvalue weighted by Gasteiger charge is 2.20. The van der Waals surface area contributed by atoms with Gasteiger partial charge in [-0.2, -0.15) is 0 Å². The number of hydrogen-bond acceptors (Lipinski definition) is 4. The molecule has 0 aliphatic carbocycles. The predicted octanol–water partition coefficient (Wildman–Crippen LogP) is 12.2. The Morgan fingerprint density at radius 2 is 0.962 bits per heavy atom. The maximum Gasteiger partial charge on any atom is 0.164 e. The highest BCUT2D eigenvalue weighted by molar-refractivity contribution is 6.12. The van der Waals surface area contributed by atoms with Crippen molar-refractivity contribution in [1.29, 1.82) is 0 Å². The fraction of sp³-hybridized carbons (Fsp3) is 0. The normalized spacial score (nSPS) is 11.8. The van der Waals surface area contributed by atoms with Crippen molar-refractivity contribution < 1.29 is 4.42 Å². The molecule has 0 amide bonds. The number of nitrogens with zero attached hydrogens (tertiary/aromatic N) is 4. The Balaban J connectivity index is 1.21. The van der Waals surface area contributed by atoms with E-state index in [9.17, 15) is 0 Å². The van der Waals surface area contributed by atoms with Crippen LogP contribution in [0.1, 0.15) is 0 Å². The van der Waals surface area contributed by atoms with E-state index in [1.807, 2.05) is 30.3 Å². The summed E-state index contributed by atoms with van der Waals surface area (Å²) in [5.41, 5.74) is 7.74. The zero-order valence-electron chi connectivity index (χ0n) is 27.9. The summed E-state index contributed by atoms with van der Waals surface area (Å²) in [5, 5.41) is 9.01. The van der Waals surface area contributed by atoms with Crippen molar-refractivity contribution >= 4 is 65.3 Å². The van der Waals surface area contributed by atoms with Crippen LogP contribution in [0.3, 0.4) is 0 Å². The molecule has 0 saturated heterocycles. The fourth-order valence-corrected chi connectivity index (χ4v) is 7.83. The topological polar surface area (TPSA) is 56.7 Å². The van der Waals surface area contributed by atoms with Crippen molar-refractivity contribution in [2.75, 3.05) is 0 Å². The monoisotopic (exact) mass is 664 g/mol. The molecule has 0 radical (unpaired) electrons. The molecule has 3 aromatic heterocycles. The molecular formula is C47H28N4O. The molecule has 0 aliphatic rings. The van der Waals surface area contributed by atoms with E-state index in [0.29, 0.717) is 17.5 Å². The number of furan rings is 1. The van der Waals surface area contributed by atoms with Crippen LogP contribution in [0.2, 0.25) is 0 Å². The standard InChI is InChI=1S/C47H28N4O/c1-2-13-30-26-32(25-24-29(30)12-1)45-48-46(50-47(49-45)38-19-11-23-43-44(38)37-18-7-10-22-42(37)52-43)33-27-31-14-3-4-15-34(31)41(28-33)51-39-20-8-5-16-35(39)36-17-6-9-21-40(36)51/h1-28H. The summed E-state index contributed by atoms with van der Waals surface area (Å²) in [6, 6.07) is 59.2. The average Bonchev–Trinajstić information content (AvgIpc) is 3.76. The predicted molar refractivity (Wildman–Crippen MR) is 213 cm³/mol. The van der Waals surface area contributed by atoms with Crippen LogP contribution in [0, 0.1) is 0 Å². The van der Waals surface area contributed by atoms with Gasteiger partial charge in [0.15, 0.2) is 17.5 Å². The van der Waals surface area contributed by atoms with E-state index in [-0.39, 0.29) is 0 Å². The Hall–Kier alpha value is -7.11. The second-order valence-electron chi connectivity index (χ2n) is 13.2. The Morgan fingerprint density at radius 3 is 1.75 bits per heavy atom. The molecule has 11 rings (SSSR count). The maximum atomic E-state index is 6.29. The molecule has 0 aliphatic heterocycles. The zero-order chi connectivity index (χ0) is 34.2. The lowest BCUT2D eigenvalue weighted by Crippen LogP contribution is -2.02. The minimum absolute atomic E-state index is 0.594. The average molecular weight is 665 g/mol. The van der Waals surface area contributed by atoms with Crippen molar-refractivity contribution in [3.8, 4) is 39.9 Å². The smallest absolute Gasteiger partial charge is 0.164 e. The first-order chi connectivity index (χ1) is 25.8. The second-order valence-corrected chi connectivity index (χ2v) is 13.2. The third kappa shape index (κ3) is 4.39. The Bertz CT molecular complexity index is 3150. The van der Waals surface area contributed by atoms with Gasteiger partial charge in [0.25, 0.3) is 0 Å². The van der Waals surface area contributed by atoms with Gasteiger partial charge < -0.3 is 8.98 Å². The number of fused-ring (bicyclic) bond motifs is 8. The van der Waals surface area contributed by atoms with Gasteiger partial charge in [0.2, 0.25) is 0 Å². The third-order valence-corrected chi connectivity index (χ3v) is 10.2. The van der Waals surface area contributed by atoms with E-state index in [0.717, 1.165) is 71.5 Å². The molecule has 11 aromatic rings. The zero-order valence-corrected chi connectivity index (χ0v) is 27.9. The first kappa shape index (κ1) is 28.7. The van der Waals surface area contributed by atoms with Crippen LogP contribution in [-0.2, 0) is 0 Å². The summed E-state index contributed by atoms with van der Waals surface area (Å²) in [5.74, 6) is 1.81. The number of benzene rings is 8.